The number of hydrogen-bond donors (Lipinski definition) is 1. The second kappa shape index (κ2) is 9.43. The van der Waals surface area contributed by atoms with Crippen LogP contribution in [0.2, 0.25) is 0 Å². The molecular weight excluding hydrogens is 324 g/mol. The van der Waals surface area contributed by atoms with Crippen LogP contribution in [0.1, 0.15) is 25.0 Å². The average molecular weight is 348 g/mol. The summed E-state index contributed by atoms with van der Waals surface area (Å²) >= 11 is 0. The SMILES string of the molecule is C#CC(=O)N(Cc1ccccc1)C(C(=O)NCc1ccccc1)C(C)C. The molecule has 0 aromatic heterocycles. The summed E-state index contributed by atoms with van der Waals surface area (Å²) < 4.78 is 0. The van der Waals surface area contributed by atoms with Crippen molar-refractivity contribution in [3.8, 4) is 12.3 Å². The van der Waals surface area contributed by atoms with E-state index in [-0.39, 0.29) is 11.8 Å². The lowest BCUT2D eigenvalue weighted by Crippen LogP contribution is -2.51. The van der Waals surface area contributed by atoms with E-state index in [2.05, 4.69) is 11.2 Å². The number of nitrogens with zero attached hydrogens (tertiary/aromatic N) is 1. The summed E-state index contributed by atoms with van der Waals surface area (Å²) in [4.78, 5) is 26.7. The summed E-state index contributed by atoms with van der Waals surface area (Å²) in [7, 11) is 0. The van der Waals surface area contributed by atoms with E-state index in [1.807, 2.05) is 74.5 Å². The van der Waals surface area contributed by atoms with Crippen LogP contribution in [0.3, 0.4) is 0 Å². The van der Waals surface area contributed by atoms with Gasteiger partial charge < -0.3 is 10.2 Å². The van der Waals surface area contributed by atoms with E-state index in [4.69, 9.17) is 6.42 Å². The summed E-state index contributed by atoms with van der Waals surface area (Å²) in [6, 6.07) is 18.5. The normalized spacial score (nSPS) is 11.5. The first-order valence-electron chi connectivity index (χ1n) is 8.65. The Morgan fingerprint density at radius 1 is 1.00 bits per heavy atom. The third-order valence-corrected chi connectivity index (χ3v) is 4.13. The Hall–Kier alpha value is -3.06. The number of carbonyl (C=O) groups is 2. The average Bonchev–Trinajstić information content (AvgIpc) is 2.66. The summed E-state index contributed by atoms with van der Waals surface area (Å²) in [6.45, 7) is 4.53. The monoisotopic (exact) mass is 348 g/mol. The summed E-state index contributed by atoms with van der Waals surface area (Å²) in [5.41, 5.74) is 1.93. The van der Waals surface area contributed by atoms with Crippen molar-refractivity contribution in [2.75, 3.05) is 0 Å². The maximum absolute atomic E-state index is 12.8. The van der Waals surface area contributed by atoms with Gasteiger partial charge in [0.1, 0.15) is 6.04 Å². The zero-order valence-electron chi connectivity index (χ0n) is 15.2. The molecule has 2 aromatic carbocycles. The fourth-order valence-electron chi connectivity index (χ4n) is 2.85. The fraction of sp³-hybridized carbons (Fsp3) is 0.273. The van der Waals surface area contributed by atoms with Gasteiger partial charge in [0.25, 0.3) is 5.91 Å². The standard InChI is InChI=1S/C22H24N2O2/c1-4-20(25)24(16-19-13-9-6-10-14-19)21(17(2)3)22(26)23-15-18-11-7-5-8-12-18/h1,5-14,17,21H,15-16H2,2-3H3,(H,23,26). The van der Waals surface area contributed by atoms with Crippen LogP contribution in [0.15, 0.2) is 60.7 Å². The Bertz CT molecular complexity index is 764. The molecule has 1 unspecified atom stereocenters. The molecule has 26 heavy (non-hydrogen) atoms. The smallest absolute Gasteiger partial charge is 0.299 e. The third kappa shape index (κ3) is 5.22. The van der Waals surface area contributed by atoms with E-state index in [0.717, 1.165) is 11.1 Å². The first kappa shape index (κ1) is 19.3. The van der Waals surface area contributed by atoms with Crippen LogP contribution in [-0.4, -0.2) is 22.8 Å². The lowest BCUT2D eigenvalue weighted by Gasteiger charge is -2.32. The molecule has 0 heterocycles. The molecule has 4 heteroatoms. The largest absolute Gasteiger partial charge is 0.350 e. The molecule has 2 aromatic rings. The van der Waals surface area contributed by atoms with Crippen LogP contribution in [-0.2, 0) is 22.7 Å². The van der Waals surface area contributed by atoms with Gasteiger partial charge in [-0.1, -0.05) is 74.5 Å². The van der Waals surface area contributed by atoms with Gasteiger partial charge in [-0.15, -0.1) is 6.42 Å². The maximum atomic E-state index is 12.8. The first-order valence-corrected chi connectivity index (χ1v) is 8.65. The van der Waals surface area contributed by atoms with Crippen LogP contribution in [0.25, 0.3) is 0 Å². The van der Waals surface area contributed by atoms with Crippen LogP contribution >= 0.6 is 0 Å². The van der Waals surface area contributed by atoms with Gasteiger partial charge in [0.15, 0.2) is 0 Å². The number of amides is 2. The molecule has 0 aliphatic heterocycles. The molecule has 0 bridgehead atoms. The first-order chi connectivity index (χ1) is 12.5. The Morgan fingerprint density at radius 2 is 1.54 bits per heavy atom. The predicted molar refractivity (Wildman–Crippen MR) is 103 cm³/mol. The number of terminal acetylenes is 1. The van der Waals surface area contributed by atoms with E-state index in [0.29, 0.717) is 13.1 Å². The van der Waals surface area contributed by atoms with Crippen molar-refractivity contribution in [1.82, 2.24) is 10.2 Å². The molecule has 1 N–H and O–H groups in total. The minimum absolute atomic E-state index is 0.0771. The minimum atomic E-state index is -0.637. The van der Waals surface area contributed by atoms with Crippen molar-refractivity contribution in [2.45, 2.75) is 33.0 Å². The number of hydrogen-bond acceptors (Lipinski definition) is 2. The van der Waals surface area contributed by atoms with Gasteiger partial charge in [0.05, 0.1) is 0 Å². The molecule has 4 nitrogen and oxygen atoms in total. The van der Waals surface area contributed by atoms with Crippen molar-refractivity contribution >= 4 is 11.8 Å². The second-order valence-corrected chi connectivity index (χ2v) is 6.46. The van der Waals surface area contributed by atoms with Gasteiger partial charge in [0.2, 0.25) is 5.91 Å². The number of carbonyl (C=O) groups excluding carboxylic acids is 2. The zero-order chi connectivity index (χ0) is 18.9. The highest BCUT2D eigenvalue weighted by Gasteiger charge is 2.31. The Balaban J connectivity index is 2.18. The van der Waals surface area contributed by atoms with E-state index < -0.39 is 11.9 Å². The summed E-state index contributed by atoms with van der Waals surface area (Å²) in [5, 5.41) is 2.92. The van der Waals surface area contributed by atoms with Crippen molar-refractivity contribution in [2.24, 2.45) is 5.92 Å². The van der Waals surface area contributed by atoms with E-state index in [9.17, 15) is 9.59 Å². The molecule has 2 rings (SSSR count). The quantitative estimate of drug-likeness (QED) is 0.782. The third-order valence-electron chi connectivity index (χ3n) is 4.13. The lowest BCUT2D eigenvalue weighted by molar-refractivity contribution is -0.139. The Morgan fingerprint density at radius 3 is 2.04 bits per heavy atom. The fourth-order valence-corrected chi connectivity index (χ4v) is 2.85. The lowest BCUT2D eigenvalue weighted by atomic mass is 10.00. The van der Waals surface area contributed by atoms with E-state index >= 15 is 0 Å². The Labute approximate surface area is 155 Å². The number of nitrogens with one attached hydrogen (secondary N) is 1. The molecule has 0 saturated carbocycles. The van der Waals surface area contributed by atoms with Crippen LogP contribution in [0.5, 0.6) is 0 Å². The van der Waals surface area contributed by atoms with Gasteiger partial charge in [-0.3, -0.25) is 9.59 Å². The molecular formula is C22H24N2O2. The number of rotatable bonds is 7. The zero-order valence-corrected chi connectivity index (χ0v) is 15.2. The molecule has 1 atom stereocenters. The molecule has 0 spiro atoms. The van der Waals surface area contributed by atoms with Crippen molar-refractivity contribution < 1.29 is 9.59 Å². The highest BCUT2D eigenvalue weighted by molar-refractivity contribution is 5.96. The molecule has 0 aliphatic carbocycles. The summed E-state index contributed by atoms with van der Waals surface area (Å²) in [5.74, 6) is 1.39. The molecule has 0 aliphatic rings. The minimum Gasteiger partial charge on any atom is -0.350 e. The molecule has 0 saturated heterocycles. The van der Waals surface area contributed by atoms with Gasteiger partial charge >= 0.3 is 0 Å². The topological polar surface area (TPSA) is 49.4 Å². The van der Waals surface area contributed by atoms with E-state index in [1.54, 1.807) is 0 Å². The van der Waals surface area contributed by atoms with Crippen molar-refractivity contribution in [3.63, 3.8) is 0 Å². The Kier molecular flexibility index (Phi) is 6.99. The highest BCUT2D eigenvalue weighted by atomic mass is 16.2. The molecule has 2 amide bonds. The molecule has 134 valence electrons. The van der Waals surface area contributed by atoms with Gasteiger partial charge in [0, 0.05) is 13.1 Å². The van der Waals surface area contributed by atoms with Gasteiger partial charge in [-0.05, 0) is 23.0 Å². The number of benzene rings is 2. The summed E-state index contributed by atoms with van der Waals surface area (Å²) in [6.07, 6.45) is 5.36. The molecule has 0 fully saturated rings. The van der Waals surface area contributed by atoms with Crippen LogP contribution in [0, 0.1) is 18.3 Å². The predicted octanol–water partition coefficient (Wildman–Crippen LogP) is 2.99. The van der Waals surface area contributed by atoms with Gasteiger partial charge in [-0.25, -0.2) is 0 Å². The second-order valence-electron chi connectivity index (χ2n) is 6.46. The molecule has 0 radical (unpaired) electrons. The van der Waals surface area contributed by atoms with Crippen LogP contribution < -0.4 is 5.32 Å². The highest BCUT2D eigenvalue weighted by Crippen LogP contribution is 2.16. The van der Waals surface area contributed by atoms with Gasteiger partial charge in [-0.2, -0.15) is 0 Å². The maximum Gasteiger partial charge on any atom is 0.299 e. The van der Waals surface area contributed by atoms with Crippen LogP contribution in [0.4, 0.5) is 0 Å². The van der Waals surface area contributed by atoms with Crippen molar-refractivity contribution in [1.29, 1.82) is 0 Å². The van der Waals surface area contributed by atoms with E-state index in [1.165, 1.54) is 4.90 Å². The van der Waals surface area contributed by atoms with Crippen molar-refractivity contribution in [3.05, 3.63) is 71.8 Å².